The summed E-state index contributed by atoms with van der Waals surface area (Å²) in [7, 11) is -2.22. The quantitative estimate of drug-likeness (QED) is 0.806. The van der Waals surface area contributed by atoms with Crippen molar-refractivity contribution in [1.29, 1.82) is 0 Å². The van der Waals surface area contributed by atoms with Gasteiger partial charge in [0.2, 0.25) is 15.9 Å². The minimum Gasteiger partial charge on any atom is -0.495 e. The molecule has 1 amide bonds. The molecule has 1 aromatic carbocycles. The summed E-state index contributed by atoms with van der Waals surface area (Å²) >= 11 is 0. The van der Waals surface area contributed by atoms with Crippen LogP contribution in [-0.4, -0.2) is 44.9 Å². The van der Waals surface area contributed by atoms with Crippen molar-refractivity contribution in [2.24, 2.45) is 5.73 Å². The molecular formula is C16H25N3O4S. The second-order valence-corrected chi connectivity index (χ2v) is 7.97. The summed E-state index contributed by atoms with van der Waals surface area (Å²) in [6.45, 7) is 2.75. The molecule has 8 heteroatoms. The molecule has 1 unspecified atom stereocenters. The molecule has 1 aliphatic heterocycles. The highest BCUT2D eigenvalue weighted by molar-refractivity contribution is 7.89. The van der Waals surface area contributed by atoms with Crippen molar-refractivity contribution in [2.45, 2.75) is 43.5 Å². The number of nitrogens with two attached hydrogens (primary N) is 1. The van der Waals surface area contributed by atoms with E-state index in [1.165, 1.54) is 17.5 Å². The van der Waals surface area contributed by atoms with Gasteiger partial charge in [-0.3, -0.25) is 4.79 Å². The molecule has 3 N–H and O–H groups in total. The molecule has 7 nitrogen and oxygen atoms in total. The third-order valence-corrected chi connectivity index (χ3v) is 5.81. The van der Waals surface area contributed by atoms with Crippen molar-refractivity contribution in [3.05, 3.63) is 18.2 Å². The second-order valence-electron chi connectivity index (χ2n) is 6.06. The lowest BCUT2D eigenvalue weighted by atomic mass is 10.2. The maximum absolute atomic E-state index is 12.9. The fraction of sp³-hybridized carbons (Fsp3) is 0.562. The van der Waals surface area contributed by atoms with Gasteiger partial charge in [0, 0.05) is 31.2 Å². The molecule has 0 saturated carbocycles. The minimum absolute atomic E-state index is 0.0745. The molecule has 24 heavy (non-hydrogen) atoms. The third kappa shape index (κ3) is 4.46. The smallest absolute Gasteiger partial charge is 0.246 e. The summed E-state index contributed by atoms with van der Waals surface area (Å²) in [5.74, 6) is 0.0160. The number of sulfonamides is 1. The molecule has 0 aliphatic carbocycles. The molecule has 1 atom stereocenters. The highest BCUT2D eigenvalue weighted by atomic mass is 32.2. The van der Waals surface area contributed by atoms with Crippen molar-refractivity contribution in [3.63, 3.8) is 0 Å². The zero-order valence-corrected chi connectivity index (χ0v) is 14.9. The summed E-state index contributed by atoms with van der Waals surface area (Å²) in [6.07, 6.45) is 2.91. The van der Waals surface area contributed by atoms with Crippen LogP contribution in [0.15, 0.2) is 23.1 Å². The lowest BCUT2D eigenvalue weighted by molar-refractivity contribution is -0.116. The van der Waals surface area contributed by atoms with Gasteiger partial charge in [-0.05, 0) is 38.0 Å². The first-order valence-corrected chi connectivity index (χ1v) is 9.52. The van der Waals surface area contributed by atoms with Crippen LogP contribution in [0.5, 0.6) is 5.75 Å². The summed E-state index contributed by atoms with van der Waals surface area (Å²) in [5.41, 5.74) is 6.02. The van der Waals surface area contributed by atoms with E-state index < -0.39 is 10.0 Å². The van der Waals surface area contributed by atoms with Gasteiger partial charge in [-0.1, -0.05) is 6.42 Å². The standard InChI is InChI=1S/C16H25N3O4S/c1-12(17)10-16(20)18-13-6-7-14(23-2)15(11-13)24(21,22)19-8-4-3-5-9-19/h6-7,11-12H,3-5,8-10,17H2,1-2H3,(H,18,20). The Balaban J connectivity index is 2.30. The molecule has 2 rings (SSSR count). The van der Waals surface area contributed by atoms with Gasteiger partial charge in [0.1, 0.15) is 10.6 Å². The number of ether oxygens (including phenoxy) is 1. The van der Waals surface area contributed by atoms with Crippen molar-refractivity contribution in [3.8, 4) is 5.75 Å². The van der Waals surface area contributed by atoms with E-state index in [1.54, 1.807) is 19.1 Å². The van der Waals surface area contributed by atoms with Crippen molar-refractivity contribution in [2.75, 3.05) is 25.5 Å². The van der Waals surface area contributed by atoms with Crippen LogP contribution < -0.4 is 15.8 Å². The Labute approximate surface area is 143 Å². The molecule has 1 aromatic rings. The van der Waals surface area contributed by atoms with Crippen LogP contribution >= 0.6 is 0 Å². The maximum Gasteiger partial charge on any atom is 0.246 e. The number of carbonyl (C=O) groups is 1. The first kappa shape index (κ1) is 18.7. The number of hydrogen-bond acceptors (Lipinski definition) is 5. The van der Waals surface area contributed by atoms with Crippen molar-refractivity contribution in [1.82, 2.24) is 4.31 Å². The molecule has 1 aliphatic rings. The van der Waals surface area contributed by atoms with E-state index in [9.17, 15) is 13.2 Å². The predicted molar refractivity (Wildman–Crippen MR) is 92.5 cm³/mol. The largest absolute Gasteiger partial charge is 0.495 e. The van der Waals surface area contributed by atoms with Crippen molar-refractivity contribution >= 4 is 21.6 Å². The van der Waals surface area contributed by atoms with E-state index in [0.717, 1.165) is 19.3 Å². The van der Waals surface area contributed by atoms with Gasteiger partial charge in [-0.25, -0.2) is 8.42 Å². The van der Waals surface area contributed by atoms with Gasteiger partial charge in [-0.2, -0.15) is 4.31 Å². The molecule has 1 saturated heterocycles. The second kappa shape index (κ2) is 7.96. The molecular weight excluding hydrogens is 330 g/mol. The summed E-state index contributed by atoms with van der Waals surface area (Å²) < 4.78 is 32.5. The Morgan fingerprint density at radius 1 is 1.33 bits per heavy atom. The maximum atomic E-state index is 12.9. The molecule has 1 heterocycles. The van der Waals surface area contributed by atoms with Gasteiger partial charge in [-0.15, -0.1) is 0 Å². The van der Waals surface area contributed by atoms with Gasteiger partial charge >= 0.3 is 0 Å². The van der Waals surface area contributed by atoms with E-state index in [1.807, 2.05) is 0 Å². The van der Waals surface area contributed by atoms with E-state index >= 15 is 0 Å². The number of methoxy groups -OCH3 is 1. The van der Waals surface area contributed by atoms with E-state index in [4.69, 9.17) is 10.5 Å². The number of piperidine rings is 1. The topological polar surface area (TPSA) is 102 Å². The fourth-order valence-corrected chi connectivity index (χ4v) is 4.40. The van der Waals surface area contributed by atoms with Gasteiger partial charge in [0.25, 0.3) is 0 Å². The predicted octanol–water partition coefficient (Wildman–Crippen LogP) is 1.55. The Morgan fingerprint density at radius 2 is 2.00 bits per heavy atom. The molecule has 0 bridgehead atoms. The normalized spacial score (nSPS) is 17.3. The Morgan fingerprint density at radius 3 is 2.58 bits per heavy atom. The number of nitrogens with one attached hydrogen (secondary N) is 1. The zero-order chi connectivity index (χ0) is 17.7. The van der Waals surface area contributed by atoms with E-state index in [0.29, 0.717) is 18.8 Å². The van der Waals surface area contributed by atoms with Crippen LogP contribution in [0.3, 0.4) is 0 Å². The lowest BCUT2D eigenvalue weighted by Crippen LogP contribution is -2.35. The summed E-state index contributed by atoms with van der Waals surface area (Å²) in [6, 6.07) is 4.35. The van der Waals surface area contributed by atoms with Crippen molar-refractivity contribution < 1.29 is 17.9 Å². The van der Waals surface area contributed by atoms with Crippen LogP contribution in [-0.2, 0) is 14.8 Å². The van der Waals surface area contributed by atoms with Crippen LogP contribution in [0.4, 0.5) is 5.69 Å². The van der Waals surface area contributed by atoms with Crippen LogP contribution in [0.2, 0.25) is 0 Å². The third-order valence-electron chi connectivity index (χ3n) is 3.89. The SMILES string of the molecule is COc1ccc(NC(=O)CC(C)N)cc1S(=O)(=O)N1CCCCC1. The highest BCUT2D eigenvalue weighted by Crippen LogP contribution is 2.31. The molecule has 0 spiro atoms. The molecule has 0 radical (unpaired) electrons. The van der Waals surface area contributed by atoms with Gasteiger partial charge < -0.3 is 15.8 Å². The highest BCUT2D eigenvalue weighted by Gasteiger charge is 2.29. The Hall–Kier alpha value is -1.64. The summed E-state index contributed by atoms with van der Waals surface area (Å²) in [5, 5.41) is 2.68. The number of amides is 1. The first-order chi connectivity index (χ1) is 11.3. The summed E-state index contributed by atoms with van der Waals surface area (Å²) in [4.78, 5) is 11.9. The van der Waals surface area contributed by atoms with E-state index in [-0.39, 0.29) is 29.0 Å². The molecule has 1 fully saturated rings. The fourth-order valence-electron chi connectivity index (χ4n) is 2.70. The zero-order valence-electron chi connectivity index (χ0n) is 14.1. The number of nitrogens with zero attached hydrogens (tertiary/aromatic N) is 1. The average molecular weight is 355 g/mol. The Kier molecular flexibility index (Phi) is 6.20. The van der Waals surface area contributed by atoms with E-state index in [2.05, 4.69) is 5.32 Å². The average Bonchev–Trinajstić information content (AvgIpc) is 2.54. The molecule has 0 aromatic heterocycles. The number of anilines is 1. The molecule has 134 valence electrons. The number of rotatable bonds is 6. The number of carbonyl (C=O) groups excluding carboxylic acids is 1. The van der Waals surface area contributed by atoms with Crippen LogP contribution in [0, 0.1) is 0 Å². The lowest BCUT2D eigenvalue weighted by Gasteiger charge is -2.26. The Bertz CT molecular complexity index is 683. The van der Waals surface area contributed by atoms with Crippen LogP contribution in [0.25, 0.3) is 0 Å². The van der Waals surface area contributed by atoms with Gasteiger partial charge in [0.15, 0.2) is 0 Å². The van der Waals surface area contributed by atoms with Gasteiger partial charge in [0.05, 0.1) is 7.11 Å². The number of benzene rings is 1. The first-order valence-electron chi connectivity index (χ1n) is 8.08. The van der Waals surface area contributed by atoms with Crippen LogP contribution in [0.1, 0.15) is 32.6 Å². The monoisotopic (exact) mass is 355 g/mol. The number of hydrogen-bond donors (Lipinski definition) is 2. The minimum atomic E-state index is -3.65.